The standard InChI is InChI=1S/C20H31N5O11/c26-9-13(25-18(33)10-2-1-7-21-10)17(32)22-8-14(27)23-11(3-5-15(28)29)19(34)24-12(20(35)36)4-6-16(30)31/h10-13,21,26H,1-9H2,(H,22,32)(H,23,27)(H,24,34)(H,25,33)(H,28,29)(H,30,31)(H,35,36). The van der Waals surface area contributed by atoms with Crippen LogP contribution in [-0.4, -0.2) is 106 Å². The summed E-state index contributed by atoms with van der Waals surface area (Å²) in [5, 5.41) is 47.9. The normalized spacial score (nSPS) is 17.2. The van der Waals surface area contributed by atoms with Crippen molar-refractivity contribution < 1.29 is 54.0 Å². The van der Waals surface area contributed by atoms with Crippen LogP contribution < -0.4 is 26.6 Å². The van der Waals surface area contributed by atoms with Gasteiger partial charge in [-0.05, 0) is 32.2 Å². The summed E-state index contributed by atoms with van der Waals surface area (Å²) in [6, 6.07) is -4.95. The van der Waals surface area contributed by atoms with E-state index in [-0.39, 0.29) is 0 Å². The minimum atomic E-state index is -1.60. The molecule has 1 aliphatic rings. The van der Waals surface area contributed by atoms with Crippen molar-refractivity contribution in [3.63, 3.8) is 0 Å². The van der Waals surface area contributed by atoms with Gasteiger partial charge in [-0.1, -0.05) is 0 Å². The van der Waals surface area contributed by atoms with Crippen molar-refractivity contribution in [2.75, 3.05) is 19.7 Å². The second kappa shape index (κ2) is 15.3. The third-order valence-electron chi connectivity index (χ3n) is 5.18. The zero-order valence-electron chi connectivity index (χ0n) is 19.3. The molecule has 1 saturated heterocycles. The van der Waals surface area contributed by atoms with E-state index in [0.717, 1.165) is 6.42 Å². The van der Waals surface area contributed by atoms with E-state index in [9.17, 15) is 43.8 Å². The van der Waals surface area contributed by atoms with Gasteiger partial charge in [-0.2, -0.15) is 0 Å². The minimum Gasteiger partial charge on any atom is -0.481 e. The van der Waals surface area contributed by atoms with Crippen LogP contribution in [0.3, 0.4) is 0 Å². The first kappa shape index (κ1) is 30.2. The summed E-state index contributed by atoms with van der Waals surface area (Å²) < 4.78 is 0. The van der Waals surface area contributed by atoms with Gasteiger partial charge in [0.15, 0.2) is 0 Å². The SMILES string of the molecule is O=C(O)CCC(NC(=O)C(CCC(=O)O)NC(=O)CNC(=O)C(CO)NC(=O)C1CCCN1)C(=O)O. The number of aliphatic hydroxyl groups is 1. The number of rotatable bonds is 16. The Kier molecular flexibility index (Phi) is 12.8. The first-order chi connectivity index (χ1) is 16.9. The number of hydrogen-bond acceptors (Lipinski definition) is 9. The van der Waals surface area contributed by atoms with Gasteiger partial charge in [-0.15, -0.1) is 0 Å². The third kappa shape index (κ3) is 11.1. The van der Waals surface area contributed by atoms with Gasteiger partial charge in [0, 0.05) is 12.8 Å². The Morgan fingerprint density at radius 3 is 1.92 bits per heavy atom. The molecule has 0 aliphatic carbocycles. The number of carbonyl (C=O) groups excluding carboxylic acids is 4. The molecular formula is C20H31N5O11. The highest BCUT2D eigenvalue weighted by Crippen LogP contribution is 2.05. The van der Waals surface area contributed by atoms with E-state index in [4.69, 9.17) is 10.2 Å². The monoisotopic (exact) mass is 517 g/mol. The predicted molar refractivity (Wildman–Crippen MR) is 118 cm³/mol. The lowest BCUT2D eigenvalue weighted by atomic mass is 10.1. The molecule has 1 fully saturated rings. The van der Waals surface area contributed by atoms with E-state index >= 15 is 0 Å². The fourth-order valence-electron chi connectivity index (χ4n) is 3.24. The van der Waals surface area contributed by atoms with Gasteiger partial charge in [0.25, 0.3) is 0 Å². The quantitative estimate of drug-likeness (QED) is 0.0952. The molecule has 4 amide bonds. The van der Waals surface area contributed by atoms with Gasteiger partial charge in [0.1, 0.15) is 18.1 Å². The number of nitrogens with one attached hydrogen (secondary N) is 5. The van der Waals surface area contributed by atoms with E-state index in [2.05, 4.69) is 26.6 Å². The van der Waals surface area contributed by atoms with Crippen LogP contribution in [-0.2, 0) is 33.6 Å². The molecule has 202 valence electrons. The van der Waals surface area contributed by atoms with E-state index in [0.29, 0.717) is 13.0 Å². The van der Waals surface area contributed by atoms with Crippen molar-refractivity contribution in [3.8, 4) is 0 Å². The summed E-state index contributed by atoms with van der Waals surface area (Å²) in [7, 11) is 0. The highest BCUT2D eigenvalue weighted by atomic mass is 16.4. The average Bonchev–Trinajstić information content (AvgIpc) is 3.35. The topological polar surface area (TPSA) is 261 Å². The number of carbonyl (C=O) groups is 7. The lowest BCUT2D eigenvalue weighted by Gasteiger charge is -2.21. The van der Waals surface area contributed by atoms with Crippen molar-refractivity contribution in [1.29, 1.82) is 0 Å². The Morgan fingerprint density at radius 2 is 1.42 bits per heavy atom. The van der Waals surface area contributed by atoms with E-state index < -0.39 is 105 Å². The van der Waals surface area contributed by atoms with Gasteiger partial charge >= 0.3 is 17.9 Å². The summed E-state index contributed by atoms with van der Waals surface area (Å²) in [6.07, 6.45) is -0.656. The van der Waals surface area contributed by atoms with Crippen molar-refractivity contribution in [2.24, 2.45) is 0 Å². The second-order valence-corrected chi connectivity index (χ2v) is 7.99. The second-order valence-electron chi connectivity index (χ2n) is 7.99. The molecule has 1 heterocycles. The fraction of sp³-hybridized carbons (Fsp3) is 0.650. The number of carboxylic acid groups (broad SMARTS) is 3. The Balaban J connectivity index is 2.69. The largest absolute Gasteiger partial charge is 0.481 e. The molecule has 36 heavy (non-hydrogen) atoms. The average molecular weight is 517 g/mol. The minimum absolute atomic E-state index is 0.421. The van der Waals surface area contributed by atoms with Crippen LogP contribution >= 0.6 is 0 Å². The van der Waals surface area contributed by atoms with Crippen molar-refractivity contribution in [1.82, 2.24) is 26.6 Å². The first-order valence-electron chi connectivity index (χ1n) is 11.1. The van der Waals surface area contributed by atoms with E-state index in [1.807, 2.05) is 0 Å². The molecule has 9 N–H and O–H groups in total. The summed E-state index contributed by atoms with van der Waals surface area (Å²) in [5.74, 6) is -7.49. The summed E-state index contributed by atoms with van der Waals surface area (Å²) >= 11 is 0. The Bertz CT molecular complexity index is 844. The molecule has 4 unspecified atom stereocenters. The van der Waals surface area contributed by atoms with Gasteiger partial charge in [0.2, 0.25) is 23.6 Å². The molecule has 0 saturated carbocycles. The Morgan fingerprint density at radius 1 is 0.806 bits per heavy atom. The number of carboxylic acids is 3. The maximum atomic E-state index is 12.5. The molecule has 0 spiro atoms. The molecule has 16 heteroatoms. The maximum absolute atomic E-state index is 12.5. The van der Waals surface area contributed by atoms with Crippen LogP contribution in [0.2, 0.25) is 0 Å². The smallest absolute Gasteiger partial charge is 0.326 e. The van der Waals surface area contributed by atoms with Gasteiger partial charge in [-0.25, -0.2) is 4.79 Å². The van der Waals surface area contributed by atoms with Gasteiger partial charge < -0.3 is 47.0 Å². The maximum Gasteiger partial charge on any atom is 0.326 e. The van der Waals surface area contributed by atoms with Gasteiger partial charge in [0.05, 0.1) is 19.2 Å². The molecule has 0 bridgehead atoms. The Hall–Kier alpha value is -3.79. The molecule has 0 radical (unpaired) electrons. The zero-order valence-corrected chi connectivity index (χ0v) is 19.3. The van der Waals surface area contributed by atoms with Crippen LogP contribution in [0, 0.1) is 0 Å². The Labute approximate surface area is 205 Å². The van der Waals surface area contributed by atoms with Crippen LogP contribution in [0.5, 0.6) is 0 Å². The summed E-state index contributed by atoms with van der Waals surface area (Å²) in [5.41, 5.74) is 0. The summed E-state index contributed by atoms with van der Waals surface area (Å²) in [4.78, 5) is 82.0. The third-order valence-corrected chi connectivity index (χ3v) is 5.18. The number of hydrogen-bond donors (Lipinski definition) is 9. The molecule has 16 nitrogen and oxygen atoms in total. The van der Waals surface area contributed by atoms with E-state index in [1.54, 1.807) is 0 Å². The molecule has 4 atom stereocenters. The molecular weight excluding hydrogens is 486 g/mol. The summed E-state index contributed by atoms with van der Waals surface area (Å²) in [6.45, 7) is -0.814. The van der Waals surface area contributed by atoms with Crippen molar-refractivity contribution in [3.05, 3.63) is 0 Å². The molecule has 1 aliphatic heterocycles. The number of aliphatic hydroxyl groups excluding tert-OH is 1. The van der Waals surface area contributed by atoms with Crippen molar-refractivity contribution >= 4 is 41.5 Å². The van der Waals surface area contributed by atoms with Gasteiger partial charge in [-0.3, -0.25) is 28.8 Å². The highest BCUT2D eigenvalue weighted by molar-refractivity contribution is 5.94. The van der Waals surface area contributed by atoms with E-state index in [1.165, 1.54) is 0 Å². The van der Waals surface area contributed by atoms with Crippen LogP contribution in [0.4, 0.5) is 0 Å². The predicted octanol–water partition coefficient (Wildman–Crippen LogP) is -3.88. The van der Waals surface area contributed by atoms with Crippen LogP contribution in [0.15, 0.2) is 0 Å². The number of amides is 4. The number of aliphatic carboxylic acids is 3. The lowest BCUT2D eigenvalue weighted by molar-refractivity contribution is -0.144. The molecule has 1 rings (SSSR count). The molecule has 0 aromatic heterocycles. The van der Waals surface area contributed by atoms with Crippen molar-refractivity contribution in [2.45, 2.75) is 62.7 Å². The first-order valence-corrected chi connectivity index (χ1v) is 11.1. The fourth-order valence-corrected chi connectivity index (χ4v) is 3.24. The van der Waals surface area contributed by atoms with Crippen LogP contribution in [0.25, 0.3) is 0 Å². The molecule has 0 aromatic carbocycles. The molecule has 0 aromatic rings. The van der Waals surface area contributed by atoms with Crippen LogP contribution in [0.1, 0.15) is 38.5 Å². The lowest BCUT2D eigenvalue weighted by Crippen LogP contribution is -2.56. The highest BCUT2D eigenvalue weighted by Gasteiger charge is 2.29. The zero-order chi connectivity index (χ0) is 27.3.